The number of hydrazine groups is 1. The summed E-state index contributed by atoms with van der Waals surface area (Å²) in [5, 5.41) is 6.22. The molecule has 1 aromatic carbocycles. The number of hydrogen-bond donors (Lipinski definition) is 4. The van der Waals surface area contributed by atoms with Gasteiger partial charge in [0.2, 0.25) is 11.8 Å². The summed E-state index contributed by atoms with van der Waals surface area (Å²) in [5.41, 5.74) is 1.37. The summed E-state index contributed by atoms with van der Waals surface area (Å²) in [4.78, 5) is 37.5. The normalized spacial score (nSPS) is 11.8. The molecule has 0 radical (unpaired) electrons. The van der Waals surface area contributed by atoms with Crippen molar-refractivity contribution in [3.05, 3.63) is 40.2 Å². The fraction of sp³-hybridized carbons (Fsp3) is 0.267. The van der Waals surface area contributed by atoms with E-state index in [4.69, 9.17) is 17.2 Å². The standard InChI is InChI=1S/C15H16N4O4S3/c1-8-4-14(21)23-12-5-9(2-3-10(8)12)16-6-13(20)17-11(7-24)15(22)19(26)18-25/h2-5,11,16,18,24H,6-7H2,1H3,(H,17,20)/q-2/t11-/m0/s1. The van der Waals surface area contributed by atoms with Gasteiger partial charge in [0.15, 0.2) is 0 Å². The van der Waals surface area contributed by atoms with Gasteiger partial charge < -0.3 is 49.9 Å². The molecule has 1 atom stereocenters. The van der Waals surface area contributed by atoms with Crippen molar-refractivity contribution in [1.29, 1.82) is 0 Å². The van der Waals surface area contributed by atoms with Crippen molar-refractivity contribution in [2.45, 2.75) is 13.0 Å². The molecule has 1 aromatic heterocycles. The minimum Gasteiger partial charge on any atom is -0.683 e. The largest absolute Gasteiger partial charge is 0.683 e. The average Bonchev–Trinajstić information content (AvgIpc) is 2.62. The Morgan fingerprint density at radius 1 is 1.35 bits per heavy atom. The fourth-order valence-electron chi connectivity index (χ4n) is 2.23. The molecule has 0 saturated heterocycles. The Kier molecular flexibility index (Phi) is 7.26. The Morgan fingerprint density at radius 2 is 2.08 bits per heavy atom. The molecular formula is C15H16N4O4S3-2. The summed E-state index contributed by atoms with van der Waals surface area (Å²) in [5.74, 6) is -0.952. The van der Waals surface area contributed by atoms with Crippen molar-refractivity contribution in [2.24, 2.45) is 0 Å². The van der Waals surface area contributed by atoms with Crippen molar-refractivity contribution in [2.75, 3.05) is 17.6 Å². The van der Waals surface area contributed by atoms with E-state index in [1.54, 1.807) is 18.2 Å². The number of nitrogens with zero attached hydrogens (tertiary/aromatic N) is 1. The molecule has 0 unspecified atom stereocenters. The lowest BCUT2D eigenvalue weighted by atomic mass is 10.1. The highest BCUT2D eigenvalue weighted by molar-refractivity contribution is 7.80. The van der Waals surface area contributed by atoms with Crippen LogP contribution < -0.4 is 21.1 Å². The number of nitrogens with one attached hydrogen (secondary N) is 3. The Morgan fingerprint density at radius 3 is 2.73 bits per heavy atom. The average molecular weight is 413 g/mol. The minimum absolute atomic E-state index is 0.0646. The molecule has 26 heavy (non-hydrogen) atoms. The molecule has 0 spiro atoms. The van der Waals surface area contributed by atoms with E-state index >= 15 is 0 Å². The number of carbonyl (C=O) groups excluding carboxylic acids is 2. The van der Waals surface area contributed by atoms with Crippen LogP contribution in [0.25, 0.3) is 11.0 Å². The molecular weight excluding hydrogens is 396 g/mol. The second-order valence-corrected chi connectivity index (χ2v) is 6.25. The Hall–Kier alpha value is -1.82. The second-order valence-electron chi connectivity index (χ2n) is 5.34. The Labute approximate surface area is 166 Å². The van der Waals surface area contributed by atoms with Gasteiger partial charge in [0.05, 0.1) is 6.54 Å². The van der Waals surface area contributed by atoms with Gasteiger partial charge in [-0.15, -0.1) is 0 Å². The van der Waals surface area contributed by atoms with Crippen LogP contribution in [0.3, 0.4) is 0 Å². The van der Waals surface area contributed by atoms with Crippen LogP contribution in [0.4, 0.5) is 5.69 Å². The molecule has 11 heteroatoms. The highest BCUT2D eigenvalue weighted by Crippen LogP contribution is 2.20. The third kappa shape index (κ3) is 5.10. The number of thiol groups is 1. The third-order valence-electron chi connectivity index (χ3n) is 3.50. The number of carbonyl (C=O) groups is 2. The van der Waals surface area contributed by atoms with Crippen molar-refractivity contribution >= 4 is 66.7 Å². The van der Waals surface area contributed by atoms with Gasteiger partial charge >= 0.3 is 5.63 Å². The number of aryl methyl sites for hydroxylation is 1. The predicted octanol–water partition coefficient (Wildman–Crippen LogP) is 0.185. The number of anilines is 1. The van der Waals surface area contributed by atoms with Crippen LogP contribution >= 0.6 is 12.6 Å². The van der Waals surface area contributed by atoms with E-state index in [2.05, 4.69) is 40.9 Å². The van der Waals surface area contributed by atoms with Crippen LogP contribution in [0.2, 0.25) is 0 Å². The van der Waals surface area contributed by atoms with Gasteiger partial charge in [-0.2, -0.15) is 12.6 Å². The molecule has 0 aliphatic heterocycles. The number of fused-ring (bicyclic) bond motifs is 1. The first-order valence-electron chi connectivity index (χ1n) is 7.43. The van der Waals surface area contributed by atoms with Crippen LogP contribution in [0.15, 0.2) is 33.5 Å². The third-order valence-corrected chi connectivity index (χ3v) is 4.44. The van der Waals surface area contributed by atoms with E-state index in [-0.39, 0.29) is 12.3 Å². The molecule has 3 N–H and O–H groups in total. The summed E-state index contributed by atoms with van der Waals surface area (Å²) >= 11 is 13.2. The predicted molar refractivity (Wildman–Crippen MR) is 106 cm³/mol. The molecule has 0 bridgehead atoms. The van der Waals surface area contributed by atoms with Crippen molar-refractivity contribution in [3.8, 4) is 0 Å². The van der Waals surface area contributed by atoms with Gasteiger partial charge in [0, 0.05) is 29.0 Å². The quantitative estimate of drug-likeness (QED) is 0.221. The summed E-state index contributed by atoms with van der Waals surface area (Å²) in [6.45, 7) is 1.71. The van der Waals surface area contributed by atoms with E-state index in [9.17, 15) is 14.4 Å². The molecule has 140 valence electrons. The number of hydrogen-bond acceptors (Lipinski definition) is 9. The summed E-state index contributed by atoms with van der Waals surface area (Å²) in [6, 6.07) is 5.69. The van der Waals surface area contributed by atoms with Crippen molar-refractivity contribution in [1.82, 2.24) is 14.6 Å². The topological polar surface area (TPSA) is 104 Å². The van der Waals surface area contributed by atoms with Crippen LogP contribution in [-0.2, 0) is 35.2 Å². The number of benzene rings is 1. The molecule has 8 nitrogen and oxygen atoms in total. The molecule has 2 aromatic rings. The lowest BCUT2D eigenvalue weighted by Crippen LogP contribution is -2.51. The van der Waals surface area contributed by atoms with Crippen LogP contribution in [0, 0.1) is 6.92 Å². The molecule has 1 heterocycles. The maximum Gasteiger partial charge on any atom is 0.336 e. The van der Waals surface area contributed by atoms with E-state index in [0.717, 1.165) is 10.9 Å². The molecule has 0 aliphatic carbocycles. The van der Waals surface area contributed by atoms with Crippen LogP contribution in [-0.4, -0.2) is 34.6 Å². The first kappa shape index (κ1) is 20.5. The number of rotatable bonds is 7. The van der Waals surface area contributed by atoms with Crippen LogP contribution in [0.5, 0.6) is 0 Å². The lowest BCUT2D eigenvalue weighted by Gasteiger charge is -2.37. The monoisotopic (exact) mass is 412 g/mol. The Bertz CT molecular complexity index is 874. The highest BCUT2D eigenvalue weighted by Gasteiger charge is 2.18. The minimum atomic E-state index is -0.905. The number of amides is 2. The molecule has 2 rings (SSSR count). The van der Waals surface area contributed by atoms with E-state index in [1.165, 1.54) is 6.07 Å². The van der Waals surface area contributed by atoms with E-state index in [0.29, 0.717) is 15.7 Å². The second kappa shape index (κ2) is 9.21. The molecule has 0 saturated carbocycles. The first-order chi connectivity index (χ1) is 12.3. The summed E-state index contributed by atoms with van der Waals surface area (Å²) < 4.78 is 5.84. The molecule has 0 fully saturated rings. The lowest BCUT2D eigenvalue weighted by molar-refractivity contribution is -0.131. The highest BCUT2D eigenvalue weighted by atomic mass is 32.1. The van der Waals surface area contributed by atoms with Gasteiger partial charge in [-0.3, -0.25) is 9.59 Å². The van der Waals surface area contributed by atoms with E-state index < -0.39 is 23.5 Å². The Balaban J connectivity index is 2.01. The zero-order valence-electron chi connectivity index (χ0n) is 13.6. The maximum atomic E-state index is 12.0. The summed E-state index contributed by atoms with van der Waals surface area (Å²) in [6.07, 6.45) is 0. The van der Waals surface area contributed by atoms with Gasteiger partial charge in [0.1, 0.15) is 11.6 Å². The fourth-order valence-corrected chi connectivity index (χ4v) is 2.70. The smallest absolute Gasteiger partial charge is 0.336 e. The van der Waals surface area contributed by atoms with Crippen LogP contribution in [0.1, 0.15) is 5.56 Å². The van der Waals surface area contributed by atoms with Gasteiger partial charge in [0.25, 0.3) is 0 Å². The molecule has 2 amide bonds. The van der Waals surface area contributed by atoms with Gasteiger partial charge in [-0.05, 0) is 24.6 Å². The zero-order valence-corrected chi connectivity index (χ0v) is 16.2. The summed E-state index contributed by atoms with van der Waals surface area (Å²) in [7, 11) is 0. The van der Waals surface area contributed by atoms with Gasteiger partial charge in [-0.1, -0.05) is 0 Å². The van der Waals surface area contributed by atoms with Crippen molar-refractivity contribution < 1.29 is 14.0 Å². The van der Waals surface area contributed by atoms with Crippen molar-refractivity contribution in [3.63, 3.8) is 0 Å². The SMILES string of the molecule is Cc1cc(=O)oc2cc(NCC(=O)N[C@@H](CS)C(=O)N([S-])N[S-])ccc12. The first-order valence-corrected chi connectivity index (χ1v) is 8.83. The maximum absolute atomic E-state index is 12.0. The molecule has 0 aliphatic rings. The zero-order chi connectivity index (χ0) is 19.3. The van der Waals surface area contributed by atoms with E-state index in [1.807, 2.05) is 6.92 Å². The van der Waals surface area contributed by atoms with Gasteiger partial charge in [-0.25, -0.2) is 4.79 Å².